The number of rotatable bonds is 10. The molecule has 4 aromatic rings. The number of halogens is 1. The molecule has 0 aliphatic carbocycles. The van der Waals surface area contributed by atoms with E-state index in [2.05, 4.69) is 30.3 Å². The van der Waals surface area contributed by atoms with Crippen molar-refractivity contribution in [3.05, 3.63) is 69.2 Å². The lowest BCUT2D eigenvalue weighted by molar-refractivity contribution is -0.136. The zero-order valence-corrected chi connectivity index (χ0v) is 33.1. The lowest BCUT2D eigenvalue weighted by atomic mass is 9.96. The van der Waals surface area contributed by atoms with Crippen LogP contribution in [-0.4, -0.2) is 115 Å². The highest BCUT2D eigenvalue weighted by molar-refractivity contribution is 6.33. The number of aromatic nitrogens is 4. The molecule has 2 aromatic heterocycles. The lowest BCUT2D eigenvalue weighted by Gasteiger charge is -2.39. The normalized spacial score (nSPS) is 19.8. The fraction of sp³-hybridized carbons (Fsp3) is 0.475. The molecule has 17 heteroatoms. The third-order valence-electron chi connectivity index (χ3n) is 11.7. The van der Waals surface area contributed by atoms with E-state index in [4.69, 9.17) is 16.6 Å². The largest absolute Gasteiger partial charge is 0.390 e. The SMILES string of the molecule is Cn1c(=O)n(CCC(C)(C)O)c2cc(Nc3nc(N4CCC(CN5CCN(c6ccc7c(c6)C(=O)N(C6CCC(=O)NC6=O)C7=O)CC5)CC4)ncc3Cl)ccc21. The Hall–Kier alpha value is -5.32. The van der Waals surface area contributed by atoms with Crippen LogP contribution in [0.4, 0.5) is 23.1 Å². The summed E-state index contributed by atoms with van der Waals surface area (Å²) in [6.07, 6.45) is 4.24. The van der Waals surface area contributed by atoms with E-state index in [0.29, 0.717) is 41.2 Å². The molecule has 300 valence electrons. The smallest absolute Gasteiger partial charge is 0.328 e. The molecule has 4 aliphatic heterocycles. The van der Waals surface area contributed by atoms with Gasteiger partial charge < -0.3 is 20.2 Å². The zero-order valence-electron chi connectivity index (χ0n) is 32.3. The molecule has 16 nitrogen and oxygen atoms in total. The number of nitrogens with zero attached hydrogens (tertiary/aromatic N) is 8. The average Bonchev–Trinajstić information content (AvgIpc) is 3.57. The van der Waals surface area contributed by atoms with E-state index in [-0.39, 0.29) is 24.1 Å². The Bertz CT molecular complexity index is 2320. The standard InChI is InChI=1S/C40H47ClN10O6/c1-40(2,57)12-15-50-32-20-25(4-7-30(32)46(3)39(50)56)43-34-29(41)22-42-38(45-34)49-13-10-24(11-14-49)23-47-16-18-48(19-17-47)26-5-6-27-28(21-26)37(55)51(36(27)54)31-8-9-33(52)44-35(31)53/h4-7,20-22,24,31,57H,8-19,23H2,1-3H3,(H,42,43,45)(H,44,52,53). The monoisotopic (exact) mass is 798 g/mol. The van der Waals surface area contributed by atoms with Crippen molar-refractivity contribution in [3.63, 3.8) is 0 Å². The van der Waals surface area contributed by atoms with Gasteiger partial charge in [0.15, 0.2) is 5.82 Å². The maximum absolute atomic E-state index is 13.3. The highest BCUT2D eigenvalue weighted by Crippen LogP contribution is 2.32. The van der Waals surface area contributed by atoms with Crippen molar-refractivity contribution in [2.45, 2.75) is 64.1 Å². The van der Waals surface area contributed by atoms with Gasteiger partial charge in [-0.25, -0.2) is 9.78 Å². The first-order chi connectivity index (χ1) is 27.2. The van der Waals surface area contributed by atoms with Gasteiger partial charge in [-0.1, -0.05) is 11.6 Å². The van der Waals surface area contributed by atoms with Crippen molar-refractivity contribution >= 4 is 69.4 Å². The number of hydrogen-bond acceptors (Lipinski definition) is 12. The summed E-state index contributed by atoms with van der Waals surface area (Å²) in [6, 6.07) is 9.99. The van der Waals surface area contributed by atoms with Crippen molar-refractivity contribution in [1.29, 1.82) is 0 Å². The van der Waals surface area contributed by atoms with Crippen molar-refractivity contribution in [1.82, 2.24) is 34.2 Å². The molecule has 0 saturated carbocycles. The number of amides is 4. The third-order valence-corrected chi connectivity index (χ3v) is 11.9. The van der Waals surface area contributed by atoms with Gasteiger partial charge in [0.25, 0.3) is 11.8 Å². The van der Waals surface area contributed by atoms with Crippen LogP contribution in [0.15, 0.2) is 47.4 Å². The van der Waals surface area contributed by atoms with Gasteiger partial charge in [-0.15, -0.1) is 0 Å². The van der Waals surface area contributed by atoms with Gasteiger partial charge in [-0.2, -0.15) is 4.98 Å². The molecule has 1 atom stereocenters. The van der Waals surface area contributed by atoms with Crippen LogP contribution in [0.1, 0.15) is 66.7 Å². The number of imidazole rings is 1. The molecule has 4 amide bonds. The second kappa shape index (κ2) is 15.2. The summed E-state index contributed by atoms with van der Waals surface area (Å²) in [4.78, 5) is 80.8. The van der Waals surface area contributed by atoms with Crippen LogP contribution < -0.4 is 26.1 Å². The average molecular weight is 799 g/mol. The number of piperidine rings is 2. The van der Waals surface area contributed by atoms with E-state index in [1.165, 1.54) is 0 Å². The fourth-order valence-corrected chi connectivity index (χ4v) is 8.49. The van der Waals surface area contributed by atoms with Crippen LogP contribution in [0.5, 0.6) is 0 Å². The van der Waals surface area contributed by atoms with Gasteiger partial charge in [-0.3, -0.25) is 43.4 Å². The molecule has 8 rings (SSSR count). The number of carbonyl (C=O) groups is 4. The maximum Gasteiger partial charge on any atom is 0.328 e. The number of imide groups is 2. The minimum Gasteiger partial charge on any atom is -0.390 e. The molecule has 0 spiro atoms. The van der Waals surface area contributed by atoms with Gasteiger partial charge in [0.1, 0.15) is 11.1 Å². The number of piperazine rings is 1. The van der Waals surface area contributed by atoms with Crippen LogP contribution in [-0.2, 0) is 23.2 Å². The summed E-state index contributed by atoms with van der Waals surface area (Å²) in [5.74, 6) is -0.402. The van der Waals surface area contributed by atoms with Crippen molar-refractivity contribution in [2.75, 3.05) is 60.9 Å². The third kappa shape index (κ3) is 7.73. The Balaban J connectivity index is 0.845. The highest BCUT2D eigenvalue weighted by Gasteiger charge is 2.45. The van der Waals surface area contributed by atoms with Crippen molar-refractivity contribution in [2.24, 2.45) is 13.0 Å². The van der Waals surface area contributed by atoms with Gasteiger partial charge in [-0.05, 0) is 81.8 Å². The molecule has 1 unspecified atom stereocenters. The molecule has 4 aliphatic rings. The molecule has 3 N–H and O–H groups in total. The lowest BCUT2D eigenvalue weighted by Crippen LogP contribution is -2.54. The van der Waals surface area contributed by atoms with Crippen LogP contribution in [0.3, 0.4) is 0 Å². The van der Waals surface area contributed by atoms with E-state index < -0.39 is 35.3 Å². The molecular weight excluding hydrogens is 752 g/mol. The van der Waals surface area contributed by atoms with Gasteiger partial charge in [0.05, 0.1) is 34.0 Å². The second-order valence-electron chi connectivity index (χ2n) is 16.1. The summed E-state index contributed by atoms with van der Waals surface area (Å²) < 4.78 is 3.29. The summed E-state index contributed by atoms with van der Waals surface area (Å²) in [5.41, 5.74) is 2.67. The molecule has 57 heavy (non-hydrogen) atoms. The van der Waals surface area contributed by atoms with E-state index in [0.717, 1.165) is 86.0 Å². The maximum atomic E-state index is 13.3. The summed E-state index contributed by atoms with van der Waals surface area (Å²) in [5, 5.41) is 16.2. The number of nitrogens with one attached hydrogen (secondary N) is 2. The molecule has 2 aromatic carbocycles. The summed E-state index contributed by atoms with van der Waals surface area (Å²) >= 11 is 6.57. The number of aryl methyl sites for hydroxylation is 2. The predicted molar refractivity (Wildman–Crippen MR) is 215 cm³/mol. The quantitative estimate of drug-likeness (QED) is 0.200. The second-order valence-corrected chi connectivity index (χ2v) is 16.6. The Labute approximate surface area is 334 Å². The summed E-state index contributed by atoms with van der Waals surface area (Å²) in [7, 11) is 1.74. The Morgan fingerprint density at radius 3 is 2.35 bits per heavy atom. The first kappa shape index (κ1) is 38.5. The minimum absolute atomic E-state index is 0.0850. The van der Waals surface area contributed by atoms with Crippen LogP contribution in [0, 0.1) is 5.92 Å². The Kier molecular flexibility index (Phi) is 10.3. The van der Waals surface area contributed by atoms with Gasteiger partial charge >= 0.3 is 5.69 Å². The van der Waals surface area contributed by atoms with Gasteiger partial charge in [0.2, 0.25) is 17.8 Å². The number of hydrogen-bond donors (Lipinski definition) is 3. The highest BCUT2D eigenvalue weighted by atomic mass is 35.5. The fourth-order valence-electron chi connectivity index (χ4n) is 8.35. The number of fused-ring (bicyclic) bond motifs is 2. The van der Waals surface area contributed by atoms with Gasteiger partial charge in [0, 0.05) is 77.2 Å². The van der Waals surface area contributed by atoms with E-state index >= 15 is 0 Å². The first-order valence-electron chi connectivity index (χ1n) is 19.5. The number of aliphatic hydroxyl groups is 1. The zero-order chi connectivity index (χ0) is 40.2. The molecular formula is C40H47ClN10O6. The topological polar surface area (TPSA) is 178 Å². The molecule has 0 bridgehead atoms. The first-order valence-corrected chi connectivity index (χ1v) is 19.9. The molecule has 0 radical (unpaired) electrons. The molecule has 6 heterocycles. The summed E-state index contributed by atoms with van der Waals surface area (Å²) in [6.45, 7) is 9.74. The van der Waals surface area contributed by atoms with E-state index in [9.17, 15) is 29.1 Å². The Morgan fingerprint density at radius 1 is 0.895 bits per heavy atom. The number of anilines is 4. The molecule has 3 saturated heterocycles. The minimum atomic E-state index is -0.982. The molecule has 3 fully saturated rings. The van der Waals surface area contributed by atoms with Crippen LogP contribution in [0.25, 0.3) is 11.0 Å². The van der Waals surface area contributed by atoms with E-state index in [1.54, 1.807) is 48.4 Å². The Morgan fingerprint density at radius 2 is 1.63 bits per heavy atom. The van der Waals surface area contributed by atoms with Crippen LogP contribution in [0.2, 0.25) is 5.02 Å². The van der Waals surface area contributed by atoms with Crippen LogP contribution >= 0.6 is 11.6 Å². The number of carbonyl (C=O) groups excluding carboxylic acids is 4. The van der Waals surface area contributed by atoms with E-state index in [1.807, 2.05) is 24.3 Å². The van der Waals surface area contributed by atoms with Crippen molar-refractivity contribution in [3.8, 4) is 0 Å². The predicted octanol–water partition coefficient (Wildman–Crippen LogP) is 3.13. The van der Waals surface area contributed by atoms with Crippen molar-refractivity contribution < 1.29 is 24.3 Å². The number of benzene rings is 2.